The van der Waals surface area contributed by atoms with Gasteiger partial charge in [0.25, 0.3) is 0 Å². The van der Waals surface area contributed by atoms with Crippen molar-refractivity contribution < 1.29 is 28.7 Å². The summed E-state index contributed by atoms with van der Waals surface area (Å²) in [7, 11) is 2.69. The number of nitro groups is 1. The Labute approximate surface area is 149 Å². The third kappa shape index (κ3) is 4.15. The van der Waals surface area contributed by atoms with Crippen molar-refractivity contribution in [2.45, 2.75) is 13.0 Å². The highest BCUT2D eigenvalue weighted by Gasteiger charge is 2.24. The first-order valence-corrected chi connectivity index (χ1v) is 7.59. The molecular weight excluding hydrogens is 342 g/mol. The van der Waals surface area contributed by atoms with Crippen LogP contribution in [0.25, 0.3) is 0 Å². The topological polar surface area (TPSA) is 105 Å². The van der Waals surface area contributed by atoms with Crippen LogP contribution in [0, 0.1) is 10.1 Å². The van der Waals surface area contributed by atoms with E-state index in [0.29, 0.717) is 11.3 Å². The number of nitrogens with zero attached hydrogens (tertiary/aromatic N) is 1. The van der Waals surface area contributed by atoms with Crippen LogP contribution >= 0.6 is 0 Å². The van der Waals surface area contributed by atoms with E-state index in [1.807, 2.05) is 0 Å². The van der Waals surface area contributed by atoms with Gasteiger partial charge >= 0.3 is 11.7 Å². The van der Waals surface area contributed by atoms with Crippen LogP contribution in [0.1, 0.15) is 27.6 Å². The maximum Gasteiger partial charge on any atom is 0.338 e. The lowest BCUT2D eigenvalue weighted by Crippen LogP contribution is -2.24. The fourth-order valence-electron chi connectivity index (χ4n) is 2.24. The second-order valence-corrected chi connectivity index (χ2v) is 5.28. The van der Waals surface area contributed by atoms with E-state index in [1.165, 1.54) is 33.3 Å². The smallest absolute Gasteiger partial charge is 0.338 e. The summed E-state index contributed by atoms with van der Waals surface area (Å²) < 4.78 is 15.0. The Bertz CT molecular complexity index is 830. The molecule has 0 saturated heterocycles. The fourth-order valence-corrected chi connectivity index (χ4v) is 2.24. The van der Waals surface area contributed by atoms with Gasteiger partial charge in [-0.05, 0) is 43.3 Å². The van der Waals surface area contributed by atoms with Crippen molar-refractivity contribution in [2.75, 3.05) is 14.2 Å². The number of carbonyl (C=O) groups is 2. The van der Waals surface area contributed by atoms with Gasteiger partial charge < -0.3 is 14.2 Å². The van der Waals surface area contributed by atoms with Gasteiger partial charge in [0.15, 0.2) is 11.9 Å². The van der Waals surface area contributed by atoms with Gasteiger partial charge in [0.2, 0.25) is 5.78 Å². The summed E-state index contributed by atoms with van der Waals surface area (Å²) in [5, 5.41) is 11.3. The molecule has 2 aromatic rings. The highest BCUT2D eigenvalue weighted by Crippen LogP contribution is 2.29. The SMILES string of the molecule is COC(=O)c1ccc(O[C@@H](C)C(=O)c2ccc(OC)cc2)c([N+](=O)[O-])c1. The fraction of sp³-hybridized carbons (Fsp3) is 0.222. The van der Waals surface area contributed by atoms with Crippen LogP contribution in [0.4, 0.5) is 5.69 Å². The largest absolute Gasteiger partial charge is 0.497 e. The summed E-state index contributed by atoms with van der Waals surface area (Å²) in [5.74, 6) is -0.567. The van der Waals surface area contributed by atoms with Gasteiger partial charge in [0.05, 0.1) is 24.7 Å². The predicted molar refractivity (Wildman–Crippen MR) is 91.9 cm³/mol. The number of Topliss-reactive ketones (excluding diaryl/α,β-unsaturated/α-hetero) is 1. The van der Waals surface area contributed by atoms with Crippen molar-refractivity contribution in [3.63, 3.8) is 0 Å². The number of hydrogen-bond donors (Lipinski definition) is 0. The third-order valence-corrected chi connectivity index (χ3v) is 3.62. The van der Waals surface area contributed by atoms with Crippen molar-refractivity contribution >= 4 is 17.4 Å². The van der Waals surface area contributed by atoms with Crippen LogP contribution < -0.4 is 9.47 Å². The van der Waals surface area contributed by atoms with Gasteiger partial charge in [-0.2, -0.15) is 0 Å². The van der Waals surface area contributed by atoms with E-state index in [4.69, 9.17) is 9.47 Å². The average molecular weight is 359 g/mol. The Balaban J connectivity index is 2.24. The molecule has 2 rings (SSSR count). The quantitative estimate of drug-likeness (QED) is 0.324. The summed E-state index contributed by atoms with van der Waals surface area (Å²) in [5.41, 5.74) is -0.0323. The van der Waals surface area contributed by atoms with Crippen LogP contribution in [0.5, 0.6) is 11.5 Å². The summed E-state index contributed by atoms with van der Waals surface area (Å²) >= 11 is 0. The number of esters is 1. The number of benzene rings is 2. The van der Waals surface area contributed by atoms with E-state index in [0.717, 1.165) is 6.07 Å². The number of hydrogen-bond acceptors (Lipinski definition) is 7. The lowest BCUT2D eigenvalue weighted by atomic mass is 10.1. The van der Waals surface area contributed by atoms with E-state index < -0.39 is 22.7 Å². The molecule has 26 heavy (non-hydrogen) atoms. The number of ketones is 1. The summed E-state index contributed by atoms with van der Waals surface area (Å²) in [6.45, 7) is 1.49. The predicted octanol–water partition coefficient (Wildman–Crippen LogP) is 3.04. The molecule has 0 radical (unpaired) electrons. The van der Waals surface area contributed by atoms with Crippen molar-refractivity contribution in [1.82, 2.24) is 0 Å². The first-order valence-electron chi connectivity index (χ1n) is 7.59. The van der Waals surface area contributed by atoms with Crippen LogP contribution in [-0.2, 0) is 4.74 Å². The zero-order chi connectivity index (χ0) is 19.3. The van der Waals surface area contributed by atoms with Gasteiger partial charge in [-0.15, -0.1) is 0 Å². The van der Waals surface area contributed by atoms with E-state index in [9.17, 15) is 19.7 Å². The molecule has 0 aliphatic heterocycles. The molecule has 0 amide bonds. The highest BCUT2D eigenvalue weighted by molar-refractivity contribution is 5.99. The minimum atomic E-state index is -0.967. The molecule has 0 aliphatic carbocycles. The summed E-state index contributed by atoms with van der Waals surface area (Å²) in [4.78, 5) is 34.5. The zero-order valence-corrected chi connectivity index (χ0v) is 14.4. The van der Waals surface area contributed by atoms with Crippen molar-refractivity contribution in [2.24, 2.45) is 0 Å². The molecule has 0 spiro atoms. The maximum atomic E-state index is 12.4. The Morgan fingerprint density at radius 3 is 2.19 bits per heavy atom. The number of methoxy groups -OCH3 is 2. The van der Waals surface area contributed by atoms with Gasteiger partial charge in [-0.25, -0.2) is 4.79 Å². The van der Waals surface area contributed by atoms with E-state index in [1.54, 1.807) is 24.3 Å². The third-order valence-electron chi connectivity index (χ3n) is 3.62. The van der Waals surface area contributed by atoms with E-state index in [-0.39, 0.29) is 17.1 Å². The Kier molecular flexibility index (Phi) is 5.90. The van der Waals surface area contributed by atoms with Crippen LogP contribution in [-0.4, -0.2) is 37.0 Å². The van der Waals surface area contributed by atoms with E-state index >= 15 is 0 Å². The number of carbonyl (C=O) groups excluding carboxylic acids is 2. The Morgan fingerprint density at radius 1 is 1.04 bits per heavy atom. The zero-order valence-electron chi connectivity index (χ0n) is 14.4. The molecule has 0 aromatic heterocycles. The van der Waals surface area contributed by atoms with Gasteiger partial charge in [-0.3, -0.25) is 14.9 Å². The Hall–Kier alpha value is -3.42. The molecule has 1 atom stereocenters. The molecule has 8 nitrogen and oxygen atoms in total. The monoisotopic (exact) mass is 359 g/mol. The number of ether oxygens (including phenoxy) is 3. The lowest BCUT2D eigenvalue weighted by Gasteiger charge is -2.14. The first kappa shape index (κ1) is 18.9. The molecule has 0 fully saturated rings. The maximum absolute atomic E-state index is 12.4. The number of nitro benzene ring substituents is 1. The minimum absolute atomic E-state index is 0.0145. The standard InChI is InChI=1S/C18H17NO7/c1-11(17(20)12-4-7-14(24-2)8-5-12)26-16-9-6-13(18(21)25-3)10-15(16)19(22)23/h4-11H,1-3H3/t11-/m0/s1. The van der Waals surface area contributed by atoms with Crippen LogP contribution in [0.3, 0.4) is 0 Å². The molecule has 0 N–H and O–H groups in total. The highest BCUT2D eigenvalue weighted by atomic mass is 16.6. The molecule has 0 saturated carbocycles. The summed E-state index contributed by atoms with van der Waals surface area (Å²) in [6.07, 6.45) is -0.967. The van der Waals surface area contributed by atoms with Gasteiger partial charge in [0.1, 0.15) is 5.75 Å². The van der Waals surface area contributed by atoms with Crippen molar-refractivity contribution in [3.8, 4) is 11.5 Å². The first-order chi connectivity index (χ1) is 12.4. The normalized spacial score (nSPS) is 11.3. The van der Waals surface area contributed by atoms with Crippen molar-refractivity contribution in [1.29, 1.82) is 0 Å². The number of rotatable bonds is 7. The molecule has 0 aliphatic rings. The van der Waals surface area contributed by atoms with E-state index in [2.05, 4.69) is 4.74 Å². The molecule has 8 heteroatoms. The summed E-state index contributed by atoms with van der Waals surface area (Å²) in [6, 6.07) is 10.1. The van der Waals surface area contributed by atoms with Crippen molar-refractivity contribution in [3.05, 3.63) is 63.7 Å². The van der Waals surface area contributed by atoms with Gasteiger partial charge in [0, 0.05) is 11.6 Å². The average Bonchev–Trinajstić information content (AvgIpc) is 2.66. The molecular formula is C18H17NO7. The molecule has 0 bridgehead atoms. The van der Waals surface area contributed by atoms with Crippen LogP contribution in [0.15, 0.2) is 42.5 Å². The van der Waals surface area contributed by atoms with Crippen LogP contribution in [0.2, 0.25) is 0 Å². The second-order valence-electron chi connectivity index (χ2n) is 5.28. The molecule has 0 heterocycles. The second kappa shape index (κ2) is 8.11. The molecule has 0 unspecified atom stereocenters. The molecule has 2 aromatic carbocycles. The lowest BCUT2D eigenvalue weighted by molar-refractivity contribution is -0.386. The minimum Gasteiger partial charge on any atom is -0.497 e. The Morgan fingerprint density at radius 2 is 1.65 bits per heavy atom. The van der Waals surface area contributed by atoms with Gasteiger partial charge in [-0.1, -0.05) is 0 Å². The molecule has 136 valence electrons.